The van der Waals surface area contributed by atoms with Crippen LogP contribution in [0, 0.1) is 35.5 Å². The number of carbonyl (C=O) groups is 1. The van der Waals surface area contributed by atoms with Gasteiger partial charge < -0.3 is 53.3 Å². The highest BCUT2D eigenvalue weighted by molar-refractivity contribution is 5.67. The molecule has 54 heavy (non-hydrogen) atoms. The topological polar surface area (TPSA) is 145 Å². The number of aliphatic carboxylic acids is 1. The molecule has 0 saturated carbocycles. The van der Waals surface area contributed by atoms with Crippen LogP contribution in [0.5, 0.6) is 0 Å². The van der Waals surface area contributed by atoms with Crippen LogP contribution in [-0.4, -0.2) is 95.4 Å². The molecule has 306 valence electrons. The Hall–Kier alpha value is -1.67. The van der Waals surface area contributed by atoms with Crippen molar-refractivity contribution in [2.75, 3.05) is 13.7 Å². The lowest BCUT2D eigenvalue weighted by Crippen LogP contribution is -2.57. The van der Waals surface area contributed by atoms with Gasteiger partial charge in [-0.05, 0) is 62.8 Å². The second-order valence-electron chi connectivity index (χ2n) is 18.1. The van der Waals surface area contributed by atoms with Gasteiger partial charge in [0.15, 0.2) is 11.6 Å². The van der Waals surface area contributed by atoms with Crippen molar-refractivity contribution in [3.8, 4) is 0 Å². The van der Waals surface area contributed by atoms with Crippen LogP contribution in [0.4, 0.5) is 0 Å². The van der Waals surface area contributed by atoms with E-state index in [4.69, 9.17) is 33.2 Å². The molecule has 0 aliphatic carbocycles. The molecule has 0 radical (unpaired) electrons. The fourth-order valence-corrected chi connectivity index (χ4v) is 10.8. The largest absolute Gasteiger partial charge is 0.550 e. The van der Waals surface area contributed by atoms with E-state index in [9.17, 15) is 20.1 Å². The molecule has 0 bridgehead atoms. The number of rotatable bonds is 13. The first-order chi connectivity index (χ1) is 25.5. The zero-order valence-electron chi connectivity index (χ0n) is 34.0. The summed E-state index contributed by atoms with van der Waals surface area (Å²) in [5, 5.41) is 34.9. The minimum atomic E-state index is -1.40. The summed E-state index contributed by atoms with van der Waals surface area (Å²) < 4.78 is 46.2. The number of carboxylic acids is 1. The van der Waals surface area contributed by atoms with E-state index < -0.39 is 53.0 Å². The highest BCUT2D eigenvalue weighted by Gasteiger charge is 2.62. The number of carboxylic acid groups (broad SMARTS) is 1. The lowest BCUT2D eigenvalue weighted by molar-refractivity contribution is -0.338. The molecule has 17 atom stereocenters. The maximum Gasteiger partial charge on any atom is 0.192 e. The lowest BCUT2D eigenvalue weighted by atomic mass is 9.78. The van der Waals surface area contributed by atoms with Crippen LogP contribution in [0.1, 0.15) is 112 Å². The Morgan fingerprint density at radius 1 is 1.02 bits per heavy atom. The van der Waals surface area contributed by atoms with Gasteiger partial charge >= 0.3 is 0 Å². The van der Waals surface area contributed by atoms with Gasteiger partial charge in [-0.3, -0.25) is 0 Å². The Bertz CT molecular complexity index is 1410. The summed E-state index contributed by atoms with van der Waals surface area (Å²) in [5.74, 6) is -4.69. The van der Waals surface area contributed by atoms with Gasteiger partial charge in [0.05, 0.1) is 60.5 Å². The van der Waals surface area contributed by atoms with Crippen LogP contribution in [0.15, 0.2) is 30.3 Å². The molecule has 0 amide bonds. The Balaban J connectivity index is 1.11. The maximum absolute atomic E-state index is 11.8. The van der Waals surface area contributed by atoms with Crippen molar-refractivity contribution in [3.63, 3.8) is 0 Å². The number of hydrogen-bond acceptors (Lipinski definition) is 11. The van der Waals surface area contributed by atoms with Crippen molar-refractivity contribution >= 4 is 5.97 Å². The third-order valence-electron chi connectivity index (χ3n) is 14.2. The molecule has 6 rings (SSSR count). The highest BCUT2D eigenvalue weighted by atomic mass is 16.7. The standard InChI is InChI=1S/C43H68O11/c1-10-41(38-26(3)21-33(50-38)35-25(2)20-27(4)43(47,53-35)24-49-23-31-14-12-11-13-15-31)17-16-34(51-41)40(8)18-19-42(54-40)22-32(44)28(5)37(52-42)29(6)36(48-9)30(7)39(45)46/h11-15,25-30,32-38,44,47H,10,16-24H2,1-9H3,(H,45,46)/p-1/t25-,26-,27+,28+,29-,30-,32-,33+,34+,35-,36+,37-,38+,40-,41-,42+,43-/m0/s1. The monoisotopic (exact) mass is 759 g/mol. The number of carbonyl (C=O) groups excluding carboxylic acids is 1. The first-order valence-electron chi connectivity index (χ1n) is 20.6. The van der Waals surface area contributed by atoms with Gasteiger partial charge in [0.2, 0.25) is 0 Å². The summed E-state index contributed by atoms with van der Waals surface area (Å²) >= 11 is 0. The molecule has 5 aliphatic heterocycles. The zero-order valence-corrected chi connectivity index (χ0v) is 34.0. The molecule has 11 heteroatoms. The van der Waals surface area contributed by atoms with Gasteiger partial charge in [0, 0.05) is 49.6 Å². The SMILES string of the molecule is CC[C@@]1([C@@H]2O[C@@H]([C@H]3O[C@@](O)(COCc4ccccc4)[C@H](C)C[C@@H]3C)C[C@@H]2C)CC[C@H]([C@]2(C)CC[C@]3(C[C@H](O)[C@@H](C)[C@@H]([C@@H](C)[C@@H](OC)[C@H](C)C(=O)[O-])O3)O2)O1. The van der Waals surface area contributed by atoms with E-state index in [1.807, 2.05) is 51.1 Å². The van der Waals surface area contributed by atoms with E-state index >= 15 is 0 Å². The predicted octanol–water partition coefficient (Wildman–Crippen LogP) is 5.16. The molecular weight excluding hydrogens is 692 g/mol. The molecule has 0 aromatic heterocycles. The van der Waals surface area contributed by atoms with Crippen LogP contribution in [0.25, 0.3) is 0 Å². The number of hydrogen-bond donors (Lipinski definition) is 2. The van der Waals surface area contributed by atoms with E-state index in [1.54, 1.807) is 6.92 Å². The fourth-order valence-electron chi connectivity index (χ4n) is 10.8. The highest BCUT2D eigenvalue weighted by Crippen LogP contribution is 2.55. The quantitative estimate of drug-likeness (QED) is 0.275. The molecule has 2 N–H and O–H groups in total. The van der Waals surface area contributed by atoms with Crippen molar-refractivity contribution in [2.45, 2.75) is 179 Å². The average molecular weight is 760 g/mol. The van der Waals surface area contributed by atoms with Crippen molar-refractivity contribution in [1.29, 1.82) is 0 Å². The fraction of sp³-hybridized carbons (Fsp3) is 0.837. The molecule has 5 aliphatic rings. The number of aliphatic hydroxyl groups is 2. The summed E-state index contributed by atoms with van der Waals surface area (Å²) in [7, 11) is 1.50. The second-order valence-corrected chi connectivity index (χ2v) is 18.1. The van der Waals surface area contributed by atoms with Gasteiger partial charge in [0.25, 0.3) is 0 Å². The molecule has 5 fully saturated rings. The minimum Gasteiger partial charge on any atom is -0.550 e. The summed E-state index contributed by atoms with van der Waals surface area (Å²) in [6, 6.07) is 9.96. The van der Waals surface area contributed by atoms with Crippen LogP contribution < -0.4 is 5.11 Å². The van der Waals surface area contributed by atoms with Gasteiger partial charge in [-0.15, -0.1) is 0 Å². The van der Waals surface area contributed by atoms with Crippen molar-refractivity contribution < 1.29 is 53.3 Å². The summed E-state index contributed by atoms with van der Waals surface area (Å²) in [4.78, 5) is 11.8. The molecular formula is C43H67O11-. The maximum atomic E-state index is 11.8. The molecule has 1 aromatic carbocycles. The average Bonchev–Trinajstić information content (AvgIpc) is 3.85. The summed E-state index contributed by atoms with van der Waals surface area (Å²) in [6.07, 6.45) is 3.02. The number of methoxy groups -OCH3 is 1. The van der Waals surface area contributed by atoms with E-state index in [-0.39, 0.29) is 60.6 Å². The van der Waals surface area contributed by atoms with Crippen molar-refractivity contribution in [3.05, 3.63) is 35.9 Å². The first kappa shape index (κ1) is 41.9. The number of benzene rings is 1. The Morgan fingerprint density at radius 2 is 1.74 bits per heavy atom. The van der Waals surface area contributed by atoms with Crippen molar-refractivity contribution in [1.82, 2.24) is 0 Å². The third-order valence-corrected chi connectivity index (χ3v) is 14.2. The molecule has 0 unspecified atom stereocenters. The minimum absolute atomic E-state index is 0.0894. The van der Waals surface area contributed by atoms with Crippen molar-refractivity contribution in [2.24, 2.45) is 35.5 Å². The van der Waals surface area contributed by atoms with Gasteiger partial charge in [-0.2, -0.15) is 0 Å². The Kier molecular flexibility index (Phi) is 12.7. The third kappa shape index (κ3) is 8.05. The van der Waals surface area contributed by atoms with Gasteiger partial charge in [-0.1, -0.05) is 78.8 Å². The van der Waals surface area contributed by atoms with Crippen LogP contribution in [0.3, 0.4) is 0 Å². The smallest absolute Gasteiger partial charge is 0.192 e. The van der Waals surface area contributed by atoms with Crippen LogP contribution in [-0.2, 0) is 44.6 Å². The summed E-state index contributed by atoms with van der Waals surface area (Å²) in [6.45, 7) is 16.7. The zero-order chi connectivity index (χ0) is 39.2. The lowest BCUT2D eigenvalue weighted by Gasteiger charge is -2.49. The molecule has 1 aromatic rings. The van der Waals surface area contributed by atoms with Crippen LogP contribution in [0.2, 0.25) is 0 Å². The predicted molar refractivity (Wildman–Crippen MR) is 199 cm³/mol. The Morgan fingerprint density at radius 3 is 2.41 bits per heavy atom. The molecule has 5 heterocycles. The number of ether oxygens (including phenoxy) is 7. The van der Waals surface area contributed by atoms with E-state index in [0.717, 1.165) is 37.7 Å². The van der Waals surface area contributed by atoms with E-state index in [1.165, 1.54) is 7.11 Å². The normalized spacial score (nSPS) is 45.8. The Labute approximate surface area is 322 Å². The van der Waals surface area contributed by atoms with Gasteiger partial charge in [-0.25, -0.2) is 0 Å². The molecule has 1 spiro atoms. The molecule has 11 nitrogen and oxygen atoms in total. The summed E-state index contributed by atoms with van der Waals surface area (Å²) in [5.41, 5.74) is -0.111. The molecule has 5 saturated heterocycles. The van der Waals surface area contributed by atoms with Gasteiger partial charge in [0.1, 0.15) is 6.61 Å². The van der Waals surface area contributed by atoms with E-state index in [2.05, 4.69) is 27.7 Å². The second kappa shape index (κ2) is 16.3. The van der Waals surface area contributed by atoms with Crippen LogP contribution >= 0.6 is 0 Å². The van der Waals surface area contributed by atoms with E-state index in [0.29, 0.717) is 25.9 Å². The first-order valence-corrected chi connectivity index (χ1v) is 20.6. The number of aliphatic hydroxyl groups excluding tert-OH is 1.